The molecule has 3 nitrogen and oxygen atoms in total. The summed E-state index contributed by atoms with van der Waals surface area (Å²) in [6, 6.07) is 1.83. The molecule has 3 aliphatic rings. The van der Waals surface area contributed by atoms with Crippen LogP contribution in [-0.4, -0.2) is 61.2 Å². The molecule has 0 spiro atoms. The highest BCUT2D eigenvalue weighted by molar-refractivity contribution is 4.88. The molecule has 1 atom stereocenters. The molecular weight excluding hydrogens is 210 g/mol. The Bertz CT molecular complexity index is 240. The van der Waals surface area contributed by atoms with Gasteiger partial charge >= 0.3 is 0 Å². The van der Waals surface area contributed by atoms with Gasteiger partial charge in [-0.25, -0.2) is 0 Å². The van der Waals surface area contributed by atoms with E-state index in [0.29, 0.717) is 0 Å². The van der Waals surface area contributed by atoms with Gasteiger partial charge < -0.3 is 10.2 Å². The summed E-state index contributed by atoms with van der Waals surface area (Å²) in [6.07, 6.45) is 5.74. The van der Waals surface area contributed by atoms with E-state index in [0.717, 1.165) is 18.0 Å². The summed E-state index contributed by atoms with van der Waals surface area (Å²) in [5.41, 5.74) is 0. The van der Waals surface area contributed by atoms with Gasteiger partial charge in [-0.2, -0.15) is 0 Å². The number of hydrogen-bond acceptors (Lipinski definition) is 3. The molecule has 1 aliphatic heterocycles. The zero-order valence-corrected chi connectivity index (χ0v) is 11.2. The van der Waals surface area contributed by atoms with Crippen LogP contribution in [0.2, 0.25) is 0 Å². The van der Waals surface area contributed by atoms with Gasteiger partial charge in [0.05, 0.1) is 0 Å². The molecular formula is C14H27N3. The molecule has 3 heteroatoms. The molecule has 2 saturated carbocycles. The Morgan fingerprint density at radius 1 is 1.06 bits per heavy atom. The molecule has 1 N–H and O–H groups in total. The Morgan fingerprint density at radius 2 is 1.76 bits per heavy atom. The lowest BCUT2D eigenvalue weighted by molar-refractivity contribution is 0.114. The molecule has 0 amide bonds. The van der Waals surface area contributed by atoms with Crippen molar-refractivity contribution in [3.8, 4) is 0 Å². The molecule has 3 rings (SSSR count). The van der Waals surface area contributed by atoms with Crippen molar-refractivity contribution in [1.82, 2.24) is 15.1 Å². The van der Waals surface area contributed by atoms with E-state index in [4.69, 9.17) is 0 Å². The lowest BCUT2D eigenvalue weighted by atomic mass is 10.1. The highest BCUT2D eigenvalue weighted by atomic mass is 15.3. The van der Waals surface area contributed by atoms with Crippen LogP contribution in [0, 0.1) is 5.92 Å². The molecule has 3 fully saturated rings. The summed E-state index contributed by atoms with van der Waals surface area (Å²) >= 11 is 0. The summed E-state index contributed by atoms with van der Waals surface area (Å²) in [5.74, 6) is 0.808. The number of hydrogen-bond donors (Lipinski definition) is 1. The van der Waals surface area contributed by atoms with E-state index in [2.05, 4.69) is 22.0 Å². The monoisotopic (exact) mass is 237 g/mol. The van der Waals surface area contributed by atoms with Crippen LogP contribution >= 0.6 is 0 Å². The lowest BCUT2D eigenvalue weighted by Gasteiger charge is -2.36. The Hall–Kier alpha value is -0.120. The van der Waals surface area contributed by atoms with E-state index in [-0.39, 0.29) is 0 Å². The van der Waals surface area contributed by atoms with E-state index < -0.39 is 0 Å². The standard InChI is InChI=1S/C14H27N3/c1-12(10-15-13-2-3-13)11-16-6-8-17(9-7-16)14-4-5-14/h12-15H,2-11H2,1H3. The summed E-state index contributed by atoms with van der Waals surface area (Å²) in [6.45, 7) is 10.1. The number of piperazine rings is 1. The third-order valence-corrected chi connectivity index (χ3v) is 4.37. The molecule has 0 radical (unpaired) electrons. The highest BCUT2D eigenvalue weighted by Crippen LogP contribution is 2.27. The fourth-order valence-electron chi connectivity index (χ4n) is 2.91. The maximum Gasteiger partial charge on any atom is 0.0113 e. The van der Waals surface area contributed by atoms with Gasteiger partial charge in [-0.3, -0.25) is 4.90 Å². The summed E-state index contributed by atoms with van der Waals surface area (Å²) in [7, 11) is 0. The van der Waals surface area contributed by atoms with E-state index in [9.17, 15) is 0 Å². The van der Waals surface area contributed by atoms with Crippen molar-refractivity contribution in [3.63, 3.8) is 0 Å². The molecule has 0 aromatic heterocycles. The quantitative estimate of drug-likeness (QED) is 0.748. The molecule has 1 unspecified atom stereocenters. The van der Waals surface area contributed by atoms with Crippen molar-refractivity contribution in [2.45, 2.75) is 44.7 Å². The van der Waals surface area contributed by atoms with E-state index >= 15 is 0 Å². The van der Waals surface area contributed by atoms with Crippen molar-refractivity contribution >= 4 is 0 Å². The zero-order valence-electron chi connectivity index (χ0n) is 11.2. The van der Waals surface area contributed by atoms with Gasteiger partial charge in [0, 0.05) is 44.8 Å². The van der Waals surface area contributed by atoms with Crippen molar-refractivity contribution in [3.05, 3.63) is 0 Å². The second-order valence-corrected chi connectivity index (χ2v) is 6.36. The highest BCUT2D eigenvalue weighted by Gasteiger charge is 2.31. The van der Waals surface area contributed by atoms with Gasteiger partial charge in [0.2, 0.25) is 0 Å². The van der Waals surface area contributed by atoms with E-state index in [1.165, 1.54) is 65.0 Å². The predicted octanol–water partition coefficient (Wildman–Crippen LogP) is 1.15. The van der Waals surface area contributed by atoms with Crippen LogP contribution in [0.4, 0.5) is 0 Å². The normalized spacial score (nSPS) is 29.5. The van der Waals surface area contributed by atoms with Gasteiger partial charge in [0.25, 0.3) is 0 Å². The molecule has 0 aromatic carbocycles. The largest absolute Gasteiger partial charge is 0.314 e. The van der Waals surface area contributed by atoms with E-state index in [1.54, 1.807) is 0 Å². The van der Waals surface area contributed by atoms with Crippen molar-refractivity contribution < 1.29 is 0 Å². The first-order valence-corrected chi connectivity index (χ1v) is 7.51. The SMILES string of the molecule is CC(CNC1CC1)CN1CCN(C2CC2)CC1. The minimum Gasteiger partial charge on any atom is -0.314 e. The second-order valence-electron chi connectivity index (χ2n) is 6.36. The molecule has 2 aliphatic carbocycles. The third kappa shape index (κ3) is 3.67. The fraction of sp³-hybridized carbons (Fsp3) is 1.00. The number of rotatable bonds is 6. The van der Waals surface area contributed by atoms with Crippen molar-refractivity contribution in [1.29, 1.82) is 0 Å². The van der Waals surface area contributed by atoms with Gasteiger partial charge in [-0.05, 0) is 38.1 Å². The predicted molar refractivity (Wildman–Crippen MR) is 71.2 cm³/mol. The van der Waals surface area contributed by atoms with Gasteiger partial charge in [-0.1, -0.05) is 6.92 Å². The zero-order chi connectivity index (χ0) is 11.7. The van der Waals surface area contributed by atoms with E-state index in [1.807, 2.05) is 0 Å². The third-order valence-electron chi connectivity index (χ3n) is 4.37. The van der Waals surface area contributed by atoms with Crippen molar-refractivity contribution in [2.75, 3.05) is 39.3 Å². The van der Waals surface area contributed by atoms with Crippen LogP contribution in [0.1, 0.15) is 32.6 Å². The minimum atomic E-state index is 0.808. The van der Waals surface area contributed by atoms with Crippen LogP contribution in [0.15, 0.2) is 0 Å². The summed E-state index contributed by atoms with van der Waals surface area (Å²) in [5, 5.41) is 3.65. The van der Waals surface area contributed by atoms with Crippen LogP contribution < -0.4 is 5.32 Å². The topological polar surface area (TPSA) is 18.5 Å². The average molecular weight is 237 g/mol. The van der Waals surface area contributed by atoms with Gasteiger partial charge in [-0.15, -0.1) is 0 Å². The summed E-state index contributed by atoms with van der Waals surface area (Å²) < 4.78 is 0. The summed E-state index contributed by atoms with van der Waals surface area (Å²) in [4.78, 5) is 5.36. The molecule has 17 heavy (non-hydrogen) atoms. The van der Waals surface area contributed by atoms with Gasteiger partial charge in [0.15, 0.2) is 0 Å². The fourth-order valence-corrected chi connectivity index (χ4v) is 2.91. The van der Waals surface area contributed by atoms with Crippen LogP contribution in [0.25, 0.3) is 0 Å². The van der Waals surface area contributed by atoms with Crippen LogP contribution in [0.3, 0.4) is 0 Å². The molecule has 98 valence electrons. The average Bonchev–Trinajstić information content (AvgIpc) is 3.19. The number of nitrogens with zero attached hydrogens (tertiary/aromatic N) is 2. The Morgan fingerprint density at radius 3 is 2.35 bits per heavy atom. The first-order chi connectivity index (χ1) is 8.31. The van der Waals surface area contributed by atoms with Crippen LogP contribution in [-0.2, 0) is 0 Å². The molecule has 0 aromatic rings. The second kappa shape index (κ2) is 5.25. The van der Waals surface area contributed by atoms with Crippen molar-refractivity contribution in [2.24, 2.45) is 5.92 Å². The lowest BCUT2D eigenvalue weighted by Crippen LogP contribution is -2.48. The Labute approximate surface area is 106 Å². The molecule has 1 saturated heterocycles. The minimum absolute atomic E-state index is 0.808. The Kier molecular flexibility index (Phi) is 3.69. The Balaban J connectivity index is 1.31. The molecule has 0 bridgehead atoms. The first kappa shape index (κ1) is 11.9. The number of nitrogens with one attached hydrogen (secondary N) is 1. The smallest absolute Gasteiger partial charge is 0.0113 e. The first-order valence-electron chi connectivity index (χ1n) is 7.51. The maximum absolute atomic E-state index is 3.65. The maximum atomic E-state index is 3.65. The van der Waals surface area contributed by atoms with Crippen LogP contribution in [0.5, 0.6) is 0 Å². The molecule has 1 heterocycles. The van der Waals surface area contributed by atoms with Gasteiger partial charge in [0.1, 0.15) is 0 Å².